The Bertz CT molecular complexity index is 3280. The molecule has 5 atom stereocenters. The fraction of sp³-hybridized carbons (Fsp3) is 0.194. The monoisotopic (exact) mass is 841 g/mol. The van der Waals surface area contributed by atoms with E-state index < -0.39 is 0 Å². The smallest absolute Gasteiger partial charge is 0.104 e. The van der Waals surface area contributed by atoms with E-state index in [2.05, 4.69) is 238 Å². The Morgan fingerprint density at radius 1 is 0.585 bits per heavy atom. The van der Waals surface area contributed by atoms with Gasteiger partial charge in [-0.2, -0.15) is 0 Å². The van der Waals surface area contributed by atoms with Crippen LogP contribution in [0.15, 0.2) is 194 Å². The molecule has 0 spiro atoms. The van der Waals surface area contributed by atoms with Crippen LogP contribution in [-0.2, 0) is 11.8 Å². The van der Waals surface area contributed by atoms with Crippen LogP contribution in [0, 0.1) is 5.92 Å². The Morgan fingerprint density at radius 2 is 1.25 bits per heavy atom. The summed E-state index contributed by atoms with van der Waals surface area (Å²) in [5, 5.41) is 10.8. The van der Waals surface area contributed by atoms with Crippen molar-refractivity contribution in [1.29, 1.82) is 0 Å². The van der Waals surface area contributed by atoms with E-state index in [1.54, 1.807) is 0 Å². The van der Waals surface area contributed by atoms with Crippen molar-refractivity contribution in [3.63, 3.8) is 0 Å². The Balaban J connectivity index is 0.890. The van der Waals surface area contributed by atoms with Crippen molar-refractivity contribution in [3.05, 3.63) is 238 Å². The molecule has 1 aromatic heterocycles. The fourth-order valence-corrected chi connectivity index (χ4v) is 11.9. The zero-order valence-electron chi connectivity index (χ0n) is 37.9. The highest BCUT2D eigenvalue weighted by Crippen LogP contribution is 2.54. The molecule has 0 saturated carbocycles. The van der Waals surface area contributed by atoms with Crippen LogP contribution in [0.1, 0.15) is 103 Å². The first-order valence-corrected chi connectivity index (χ1v) is 23.6. The maximum atomic E-state index is 4.18. The van der Waals surface area contributed by atoms with E-state index >= 15 is 0 Å². The predicted octanol–water partition coefficient (Wildman–Crippen LogP) is 15.2. The van der Waals surface area contributed by atoms with Gasteiger partial charge in [0.25, 0.3) is 0 Å². The van der Waals surface area contributed by atoms with Gasteiger partial charge in [-0.1, -0.05) is 185 Å². The summed E-state index contributed by atoms with van der Waals surface area (Å²) in [6.45, 7) is 11.9. The molecule has 0 radical (unpaired) electrons. The van der Waals surface area contributed by atoms with Gasteiger partial charge in [-0.15, -0.1) is 0 Å². The number of benzene rings is 8. The van der Waals surface area contributed by atoms with E-state index in [-0.39, 0.29) is 23.5 Å². The number of hydrogen-bond acceptors (Lipinski definition) is 2. The van der Waals surface area contributed by atoms with Crippen molar-refractivity contribution in [3.8, 4) is 27.9 Å². The molecule has 2 heterocycles. The summed E-state index contributed by atoms with van der Waals surface area (Å²) in [4.78, 5) is 0. The normalized spacial score (nSPS) is 20.1. The quantitative estimate of drug-likeness (QED) is 0.175. The van der Waals surface area contributed by atoms with Gasteiger partial charge in [0, 0.05) is 33.6 Å². The van der Waals surface area contributed by atoms with E-state index in [1.807, 2.05) is 0 Å². The Morgan fingerprint density at radius 3 is 2.00 bits per heavy atom. The molecule has 0 amide bonds. The number of nitrogens with one attached hydrogen (secondary N) is 2. The molecule has 3 aliphatic rings. The summed E-state index contributed by atoms with van der Waals surface area (Å²) in [6.07, 6.45) is 0.892. The fourth-order valence-electron chi connectivity index (χ4n) is 11.9. The lowest BCUT2D eigenvalue weighted by Gasteiger charge is -2.34. The molecule has 4 unspecified atom stereocenters. The highest BCUT2D eigenvalue weighted by atomic mass is 15.2. The highest BCUT2D eigenvalue weighted by Gasteiger charge is 2.38. The molecule has 8 aromatic carbocycles. The topological polar surface area (TPSA) is 29.0 Å². The summed E-state index contributed by atoms with van der Waals surface area (Å²) in [5.41, 5.74) is 22.6. The SMILES string of the molecule is CC1=C(c2ccccc2)N[C@H](c2cccc(-n3c4ccccc4c4ccccc43)c2)NC(c2ccc(C(C)C3Cc4cc5c(cc4-c4ccccc43)-c3ccccc3C5(C)C)cc2)C1C. The second-order valence-electron chi connectivity index (χ2n) is 19.5. The molecule has 0 bridgehead atoms. The molecular formula is C62H55N3. The standard InChI is InChI=1S/C62H55N3/c1-38-39(2)60(64-61(63-59(38)42-18-7-6-8-19-42)44-20-17-21-46(34-44)65-57-28-15-12-25-50(57)51-26-13-16-29-58(51)65)43-32-30-41(31-33-43)40(3)52-35-45-36-56-54(37-53(45)48-23-10-9-22-47(48)52)49-24-11-14-27-55(49)62(56,4)5/h6-34,36-37,39-40,52,60-61,63-64H,35H2,1-5H3/t39?,40?,52?,60?,61-/m0/s1. The van der Waals surface area contributed by atoms with Gasteiger partial charge in [-0.05, 0) is 134 Å². The lowest BCUT2D eigenvalue weighted by molar-refractivity contribution is 0.375. The minimum absolute atomic E-state index is 0.0167. The molecule has 2 N–H and O–H groups in total. The molecule has 9 aromatic rings. The molecule has 12 rings (SSSR count). The van der Waals surface area contributed by atoms with Crippen LogP contribution in [0.25, 0.3) is 55.4 Å². The zero-order valence-corrected chi connectivity index (χ0v) is 37.9. The molecular weight excluding hydrogens is 787 g/mol. The summed E-state index contributed by atoms with van der Waals surface area (Å²) in [6, 6.07) is 70.5. The van der Waals surface area contributed by atoms with E-state index in [4.69, 9.17) is 0 Å². The van der Waals surface area contributed by atoms with Crippen LogP contribution in [0.2, 0.25) is 0 Å². The molecule has 3 nitrogen and oxygen atoms in total. The van der Waals surface area contributed by atoms with Gasteiger partial charge in [0.2, 0.25) is 0 Å². The van der Waals surface area contributed by atoms with Crippen LogP contribution in [0.4, 0.5) is 0 Å². The van der Waals surface area contributed by atoms with Crippen LogP contribution in [0.3, 0.4) is 0 Å². The van der Waals surface area contributed by atoms with E-state index in [1.165, 1.54) is 99.8 Å². The van der Waals surface area contributed by atoms with Gasteiger partial charge in [0.05, 0.1) is 11.0 Å². The van der Waals surface area contributed by atoms with Gasteiger partial charge in [0.1, 0.15) is 6.17 Å². The Labute approximate surface area is 383 Å². The van der Waals surface area contributed by atoms with Gasteiger partial charge in [0.15, 0.2) is 0 Å². The third-order valence-electron chi connectivity index (χ3n) is 15.6. The average Bonchev–Trinajstić information content (AvgIpc) is 3.75. The second-order valence-corrected chi connectivity index (χ2v) is 19.5. The van der Waals surface area contributed by atoms with E-state index in [0.717, 1.165) is 12.1 Å². The summed E-state index contributed by atoms with van der Waals surface area (Å²) >= 11 is 0. The van der Waals surface area contributed by atoms with Gasteiger partial charge in [-0.25, -0.2) is 0 Å². The largest absolute Gasteiger partial charge is 0.366 e. The third kappa shape index (κ3) is 6.35. The zero-order chi connectivity index (χ0) is 44.0. The molecule has 2 aliphatic carbocycles. The van der Waals surface area contributed by atoms with Crippen molar-refractivity contribution in [1.82, 2.24) is 15.2 Å². The van der Waals surface area contributed by atoms with E-state index in [0.29, 0.717) is 11.8 Å². The first-order chi connectivity index (χ1) is 31.7. The van der Waals surface area contributed by atoms with Crippen molar-refractivity contribution in [2.75, 3.05) is 0 Å². The molecule has 0 fully saturated rings. The third-order valence-corrected chi connectivity index (χ3v) is 15.6. The number of rotatable bonds is 6. The number of hydrogen-bond donors (Lipinski definition) is 2. The summed E-state index contributed by atoms with van der Waals surface area (Å²) in [7, 11) is 0. The van der Waals surface area contributed by atoms with Crippen LogP contribution in [-0.4, -0.2) is 4.57 Å². The van der Waals surface area contributed by atoms with Crippen LogP contribution < -0.4 is 10.6 Å². The van der Waals surface area contributed by atoms with Gasteiger partial charge >= 0.3 is 0 Å². The minimum atomic E-state index is -0.139. The molecule has 0 saturated heterocycles. The Kier molecular flexibility index (Phi) is 9.36. The van der Waals surface area contributed by atoms with Crippen molar-refractivity contribution < 1.29 is 0 Å². The summed E-state index contributed by atoms with van der Waals surface area (Å²) in [5.74, 6) is 0.935. The van der Waals surface area contributed by atoms with Crippen LogP contribution >= 0.6 is 0 Å². The highest BCUT2D eigenvalue weighted by molar-refractivity contribution is 6.09. The molecule has 65 heavy (non-hydrogen) atoms. The maximum absolute atomic E-state index is 4.18. The number of fused-ring (bicyclic) bond motifs is 9. The van der Waals surface area contributed by atoms with E-state index in [9.17, 15) is 0 Å². The van der Waals surface area contributed by atoms with Gasteiger partial charge < -0.3 is 9.88 Å². The van der Waals surface area contributed by atoms with Crippen molar-refractivity contribution in [2.45, 2.75) is 70.5 Å². The average molecular weight is 842 g/mol. The molecule has 318 valence electrons. The first kappa shape index (κ1) is 39.6. The molecule has 1 aliphatic heterocycles. The summed E-state index contributed by atoms with van der Waals surface area (Å²) < 4.78 is 2.42. The Hall–Kier alpha value is -6.94. The second kappa shape index (κ2) is 15.4. The van der Waals surface area contributed by atoms with Gasteiger partial charge in [-0.3, -0.25) is 5.32 Å². The number of aromatic nitrogens is 1. The lowest BCUT2D eigenvalue weighted by Crippen LogP contribution is -2.35. The first-order valence-electron chi connectivity index (χ1n) is 23.6. The molecule has 3 heteroatoms. The number of nitrogens with zero attached hydrogens (tertiary/aromatic N) is 1. The van der Waals surface area contributed by atoms with Crippen molar-refractivity contribution >= 4 is 27.5 Å². The van der Waals surface area contributed by atoms with Crippen molar-refractivity contribution in [2.24, 2.45) is 5.92 Å². The number of para-hydroxylation sites is 2. The minimum Gasteiger partial charge on any atom is -0.366 e. The maximum Gasteiger partial charge on any atom is 0.104 e. The lowest BCUT2D eigenvalue weighted by atomic mass is 9.70. The van der Waals surface area contributed by atoms with Crippen LogP contribution in [0.5, 0.6) is 0 Å². The predicted molar refractivity (Wildman–Crippen MR) is 271 cm³/mol.